The lowest BCUT2D eigenvalue weighted by atomic mass is 10.1. The summed E-state index contributed by atoms with van der Waals surface area (Å²) in [7, 11) is 0. The summed E-state index contributed by atoms with van der Waals surface area (Å²) in [6.07, 6.45) is 6.06. The molecule has 3 aromatic rings. The summed E-state index contributed by atoms with van der Waals surface area (Å²) in [6.45, 7) is 3.34. The maximum Gasteiger partial charge on any atom is 0.0968 e. The van der Waals surface area contributed by atoms with Crippen molar-refractivity contribution in [3.63, 3.8) is 0 Å². The second-order valence-corrected chi connectivity index (χ2v) is 6.51. The third kappa shape index (κ3) is 4.48. The molecule has 0 aliphatic heterocycles. The Morgan fingerprint density at radius 1 is 1.31 bits per heavy atom. The minimum atomic E-state index is 0.165. The molecule has 0 bridgehead atoms. The van der Waals surface area contributed by atoms with Gasteiger partial charge in [0.15, 0.2) is 0 Å². The Morgan fingerprint density at radius 3 is 2.92 bits per heavy atom. The molecule has 1 aromatic carbocycles. The summed E-state index contributed by atoms with van der Waals surface area (Å²) in [5.74, 6) is 0. The summed E-state index contributed by atoms with van der Waals surface area (Å²) in [5.41, 5.74) is 4.06. The second kappa shape index (κ2) is 8.61. The van der Waals surface area contributed by atoms with Crippen LogP contribution < -0.4 is 5.32 Å². The number of aryl methyl sites for hydroxylation is 1. The molecule has 1 atom stereocenters. The van der Waals surface area contributed by atoms with E-state index in [9.17, 15) is 0 Å². The largest absolute Gasteiger partial charge is 0.306 e. The van der Waals surface area contributed by atoms with Gasteiger partial charge in [0.1, 0.15) is 0 Å². The quantitative estimate of drug-likeness (QED) is 0.675. The van der Waals surface area contributed by atoms with Gasteiger partial charge >= 0.3 is 0 Å². The van der Waals surface area contributed by atoms with Crippen LogP contribution in [0.3, 0.4) is 0 Å². The van der Waals surface area contributed by atoms with Gasteiger partial charge in [0.2, 0.25) is 0 Å². The predicted molar refractivity (Wildman–Crippen MR) is 102 cm³/mol. The molecule has 26 heavy (non-hydrogen) atoms. The number of nitriles is 1. The fourth-order valence-electron chi connectivity index (χ4n) is 2.76. The van der Waals surface area contributed by atoms with Crippen LogP contribution in [-0.4, -0.2) is 14.8 Å². The molecule has 132 valence electrons. The van der Waals surface area contributed by atoms with Crippen molar-refractivity contribution < 1.29 is 0 Å². The molecule has 0 fully saturated rings. The number of halogens is 1. The van der Waals surface area contributed by atoms with Crippen molar-refractivity contribution in [3.8, 4) is 17.3 Å². The molecule has 0 saturated heterocycles. The maximum absolute atomic E-state index is 8.83. The van der Waals surface area contributed by atoms with Crippen LogP contribution in [0.2, 0.25) is 5.02 Å². The van der Waals surface area contributed by atoms with E-state index in [1.54, 1.807) is 6.20 Å². The molecule has 0 aliphatic rings. The van der Waals surface area contributed by atoms with E-state index in [-0.39, 0.29) is 6.04 Å². The van der Waals surface area contributed by atoms with Crippen molar-refractivity contribution in [2.24, 2.45) is 0 Å². The Balaban J connectivity index is 1.82. The first-order chi connectivity index (χ1) is 12.7. The van der Waals surface area contributed by atoms with Crippen molar-refractivity contribution in [2.45, 2.75) is 32.5 Å². The summed E-state index contributed by atoms with van der Waals surface area (Å²) in [4.78, 5) is 4.17. The molecule has 3 rings (SSSR count). The zero-order valence-electron chi connectivity index (χ0n) is 14.6. The molecule has 0 aliphatic carbocycles. The lowest BCUT2D eigenvalue weighted by Gasteiger charge is -2.13. The van der Waals surface area contributed by atoms with Gasteiger partial charge in [0.05, 0.1) is 24.7 Å². The summed E-state index contributed by atoms with van der Waals surface area (Å²) in [5, 5.41) is 17.7. The van der Waals surface area contributed by atoms with Crippen LogP contribution in [0, 0.1) is 11.3 Å². The molecule has 6 heteroatoms. The number of nitrogens with one attached hydrogen (secondary N) is 1. The number of hydrogen-bond donors (Lipinski definition) is 1. The van der Waals surface area contributed by atoms with Gasteiger partial charge in [-0.05, 0) is 30.7 Å². The highest BCUT2D eigenvalue weighted by Crippen LogP contribution is 2.25. The summed E-state index contributed by atoms with van der Waals surface area (Å²) >= 11 is 6.14. The van der Waals surface area contributed by atoms with Crippen LogP contribution in [0.1, 0.15) is 30.5 Å². The molecule has 2 heterocycles. The van der Waals surface area contributed by atoms with Crippen LogP contribution >= 0.6 is 11.6 Å². The Kier molecular flexibility index (Phi) is 6.00. The van der Waals surface area contributed by atoms with E-state index in [1.165, 1.54) is 0 Å². The van der Waals surface area contributed by atoms with Gasteiger partial charge in [0, 0.05) is 47.3 Å². The van der Waals surface area contributed by atoms with Crippen molar-refractivity contribution in [2.75, 3.05) is 0 Å². The van der Waals surface area contributed by atoms with Gasteiger partial charge < -0.3 is 5.32 Å². The Labute approximate surface area is 158 Å². The molecule has 0 radical (unpaired) electrons. The normalized spacial score (nSPS) is 11.9. The first-order valence-corrected chi connectivity index (χ1v) is 8.87. The molecule has 5 nitrogen and oxygen atoms in total. The van der Waals surface area contributed by atoms with E-state index >= 15 is 0 Å². The van der Waals surface area contributed by atoms with E-state index < -0.39 is 0 Å². The molecule has 1 N–H and O–H groups in total. The zero-order chi connectivity index (χ0) is 18.4. The Morgan fingerprint density at radius 2 is 2.19 bits per heavy atom. The van der Waals surface area contributed by atoms with Gasteiger partial charge in [0.25, 0.3) is 0 Å². The van der Waals surface area contributed by atoms with Crippen molar-refractivity contribution >= 4 is 11.6 Å². The van der Waals surface area contributed by atoms with Gasteiger partial charge in [-0.2, -0.15) is 10.4 Å². The van der Waals surface area contributed by atoms with Crippen LogP contribution in [0.15, 0.2) is 55.0 Å². The van der Waals surface area contributed by atoms with E-state index in [4.69, 9.17) is 16.9 Å². The number of pyridine rings is 1. The number of nitrogens with zero attached hydrogens (tertiary/aromatic N) is 4. The van der Waals surface area contributed by atoms with Crippen LogP contribution in [0.25, 0.3) is 11.3 Å². The minimum Gasteiger partial charge on any atom is -0.306 e. The van der Waals surface area contributed by atoms with Crippen molar-refractivity contribution in [1.29, 1.82) is 5.26 Å². The highest BCUT2D eigenvalue weighted by atomic mass is 35.5. The summed E-state index contributed by atoms with van der Waals surface area (Å²) < 4.78 is 1.82. The average molecular weight is 366 g/mol. The standard InChI is InChI=1S/C20H20ClN5/c1-15(17-6-3-9-23-12-17)24-13-18-14-26(10-4-8-22)25-20(18)16-5-2-7-19(21)11-16/h2-3,5-7,9,11-12,14-15,24H,4,10,13H2,1H3/t15-/m1/s1. The number of hydrogen-bond acceptors (Lipinski definition) is 4. The monoisotopic (exact) mass is 365 g/mol. The van der Waals surface area contributed by atoms with E-state index in [1.807, 2.05) is 47.4 Å². The highest BCUT2D eigenvalue weighted by Gasteiger charge is 2.13. The van der Waals surface area contributed by atoms with E-state index in [0.717, 1.165) is 22.4 Å². The third-order valence-corrected chi connectivity index (χ3v) is 4.41. The molecule has 0 spiro atoms. The molecular formula is C20H20ClN5. The van der Waals surface area contributed by atoms with Gasteiger partial charge in [-0.15, -0.1) is 0 Å². The third-order valence-electron chi connectivity index (χ3n) is 4.17. The van der Waals surface area contributed by atoms with Gasteiger partial charge in [-0.3, -0.25) is 9.67 Å². The smallest absolute Gasteiger partial charge is 0.0968 e. The van der Waals surface area contributed by atoms with E-state index in [2.05, 4.69) is 34.5 Å². The molecule has 0 amide bonds. The molecule has 0 unspecified atom stereocenters. The van der Waals surface area contributed by atoms with Gasteiger partial charge in [-0.25, -0.2) is 0 Å². The van der Waals surface area contributed by atoms with Crippen LogP contribution in [-0.2, 0) is 13.1 Å². The number of aromatic nitrogens is 3. The predicted octanol–water partition coefficient (Wildman–Crippen LogP) is 4.36. The fraction of sp³-hybridized carbons (Fsp3) is 0.250. The van der Waals surface area contributed by atoms with Crippen molar-refractivity contribution in [3.05, 3.63) is 71.1 Å². The van der Waals surface area contributed by atoms with Crippen LogP contribution in [0.4, 0.5) is 0 Å². The zero-order valence-corrected chi connectivity index (χ0v) is 15.3. The molecular weight excluding hydrogens is 346 g/mol. The maximum atomic E-state index is 8.83. The lowest BCUT2D eigenvalue weighted by molar-refractivity contribution is 0.572. The van der Waals surface area contributed by atoms with Crippen molar-refractivity contribution in [1.82, 2.24) is 20.1 Å². The van der Waals surface area contributed by atoms with Crippen LogP contribution in [0.5, 0.6) is 0 Å². The molecule has 0 saturated carbocycles. The van der Waals surface area contributed by atoms with Gasteiger partial charge in [-0.1, -0.05) is 29.8 Å². The molecule has 2 aromatic heterocycles. The highest BCUT2D eigenvalue weighted by molar-refractivity contribution is 6.30. The van der Waals surface area contributed by atoms with E-state index in [0.29, 0.717) is 24.5 Å². The first-order valence-electron chi connectivity index (χ1n) is 8.50. The summed E-state index contributed by atoms with van der Waals surface area (Å²) in [6, 6.07) is 14.0. The number of benzene rings is 1. The first kappa shape index (κ1) is 18.1. The SMILES string of the molecule is C[C@@H](NCc1cn(CCC#N)nc1-c1cccc(Cl)c1)c1cccnc1. The Hall–Kier alpha value is -2.68. The Bertz CT molecular complexity index is 898. The number of rotatable bonds is 7. The second-order valence-electron chi connectivity index (χ2n) is 6.07. The lowest BCUT2D eigenvalue weighted by Crippen LogP contribution is -2.18. The average Bonchev–Trinajstić information content (AvgIpc) is 3.08. The topological polar surface area (TPSA) is 66.5 Å². The fourth-order valence-corrected chi connectivity index (χ4v) is 2.95. The minimum absolute atomic E-state index is 0.165.